The number of hydrazone groups is 1. The minimum absolute atomic E-state index is 0.0850. The van der Waals surface area contributed by atoms with Crippen LogP contribution in [-0.2, 0) is 4.74 Å². The van der Waals surface area contributed by atoms with Gasteiger partial charge in [-0.1, -0.05) is 30.3 Å². The third-order valence-electron chi connectivity index (χ3n) is 6.31. The largest absolute Gasteiger partial charge is 0.573 e. The zero-order chi connectivity index (χ0) is 23.1. The molecule has 174 valence electrons. The van der Waals surface area contributed by atoms with Gasteiger partial charge in [-0.2, -0.15) is 5.10 Å². The number of benzene rings is 2. The van der Waals surface area contributed by atoms with E-state index in [1.54, 1.807) is 30.5 Å². The fourth-order valence-corrected chi connectivity index (χ4v) is 4.86. The van der Waals surface area contributed by atoms with E-state index in [4.69, 9.17) is 4.74 Å². The lowest BCUT2D eigenvalue weighted by Gasteiger charge is -2.40. The van der Waals surface area contributed by atoms with Crippen LogP contribution in [0.4, 0.5) is 18.9 Å². The number of rotatable bonds is 4. The van der Waals surface area contributed by atoms with Crippen molar-refractivity contribution in [1.82, 2.24) is 10.4 Å². The van der Waals surface area contributed by atoms with Crippen LogP contribution in [0.25, 0.3) is 5.57 Å². The molecule has 0 unspecified atom stereocenters. The van der Waals surface area contributed by atoms with Crippen molar-refractivity contribution in [2.75, 3.05) is 31.8 Å². The van der Waals surface area contributed by atoms with Crippen LogP contribution >= 0.6 is 0 Å². The van der Waals surface area contributed by atoms with E-state index in [-0.39, 0.29) is 18.4 Å². The van der Waals surface area contributed by atoms with Gasteiger partial charge in [0, 0.05) is 18.8 Å². The number of hydrogen-bond donors (Lipinski definition) is 1. The number of hydrogen-bond acceptors (Lipinski definition) is 6. The molecule has 2 atom stereocenters. The van der Waals surface area contributed by atoms with E-state index in [1.165, 1.54) is 6.07 Å². The Morgan fingerprint density at radius 3 is 2.73 bits per heavy atom. The van der Waals surface area contributed by atoms with Crippen molar-refractivity contribution in [3.63, 3.8) is 0 Å². The van der Waals surface area contributed by atoms with Crippen LogP contribution < -0.4 is 15.1 Å². The minimum atomic E-state index is -4.79. The Hall–Kier alpha value is -3.04. The van der Waals surface area contributed by atoms with Crippen LogP contribution in [0, 0.1) is 0 Å². The van der Waals surface area contributed by atoms with Crippen molar-refractivity contribution < 1.29 is 22.6 Å². The molecule has 0 amide bonds. The van der Waals surface area contributed by atoms with Gasteiger partial charge in [-0.25, -0.2) is 5.12 Å². The molecule has 3 aliphatic heterocycles. The van der Waals surface area contributed by atoms with E-state index in [9.17, 15) is 13.2 Å². The number of alkyl halides is 3. The van der Waals surface area contributed by atoms with Gasteiger partial charge in [0.15, 0.2) is 0 Å². The van der Waals surface area contributed by atoms with Gasteiger partial charge in [-0.05, 0) is 54.8 Å². The first kappa shape index (κ1) is 21.8. The average Bonchev–Trinajstić information content (AvgIpc) is 3.41. The van der Waals surface area contributed by atoms with Gasteiger partial charge in [-0.15, -0.1) is 13.2 Å². The molecule has 1 saturated heterocycles. The Morgan fingerprint density at radius 2 is 2.00 bits per heavy atom. The molecule has 0 aliphatic carbocycles. The number of anilines is 1. The minimum Gasteiger partial charge on any atom is -0.405 e. The number of halogens is 3. The molecule has 1 fully saturated rings. The van der Waals surface area contributed by atoms with Gasteiger partial charge in [0.05, 0.1) is 24.9 Å². The first-order chi connectivity index (χ1) is 15.8. The number of nitrogens with one attached hydrogen (secondary N) is 1. The molecular weight excluding hydrogens is 433 g/mol. The highest BCUT2D eigenvalue weighted by atomic mass is 19.4. The monoisotopic (exact) mass is 458 g/mol. The predicted octanol–water partition coefficient (Wildman–Crippen LogP) is 4.51. The normalized spacial score (nSPS) is 25.1. The van der Waals surface area contributed by atoms with Gasteiger partial charge in [0.25, 0.3) is 0 Å². The molecule has 0 saturated carbocycles. The maximum atomic E-state index is 13.2. The molecule has 5 rings (SSSR count). The zero-order valence-electron chi connectivity index (χ0n) is 18.2. The Labute approximate surface area is 190 Å². The summed E-state index contributed by atoms with van der Waals surface area (Å²) >= 11 is 0. The Kier molecular flexibility index (Phi) is 5.54. The van der Waals surface area contributed by atoms with Gasteiger partial charge < -0.3 is 14.8 Å². The first-order valence-electron chi connectivity index (χ1n) is 10.9. The Morgan fingerprint density at radius 1 is 1.18 bits per heavy atom. The molecule has 2 aromatic carbocycles. The smallest absolute Gasteiger partial charge is 0.405 e. The summed E-state index contributed by atoms with van der Waals surface area (Å²) in [5.74, 6) is -0.235. The molecule has 3 heterocycles. The van der Waals surface area contributed by atoms with Crippen molar-refractivity contribution in [1.29, 1.82) is 0 Å². The zero-order valence-corrected chi connectivity index (χ0v) is 18.2. The molecule has 0 aromatic heterocycles. The van der Waals surface area contributed by atoms with Crippen molar-refractivity contribution in [2.24, 2.45) is 5.10 Å². The fourth-order valence-electron chi connectivity index (χ4n) is 4.86. The molecule has 1 N–H and O–H groups in total. The third-order valence-corrected chi connectivity index (χ3v) is 6.31. The average molecular weight is 458 g/mol. The summed E-state index contributed by atoms with van der Waals surface area (Å²) in [5, 5.41) is 11.2. The van der Waals surface area contributed by atoms with E-state index in [1.807, 2.05) is 41.4 Å². The number of piperidine rings is 1. The lowest BCUT2D eigenvalue weighted by Crippen LogP contribution is -2.47. The summed E-state index contributed by atoms with van der Waals surface area (Å²) in [5.41, 5.74) is 2.24. The van der Waals surface area contributed by atoms with Gasteiger partial charge >= 0.3 is 6.36 Å². The predicted molar refractivity (Wildman–Crippen MR) is 120 cm³/mol. The van der Waals surface area contributed by atoms with Crippen LogP contribution in [0.15, 0.2) is 59.7 Å². The second-order valence-electron chi connectivity index (χ2n) is 8.41. The molecule has 0 bridgehead atoms. The van der Waals surface area contributed by atoms with E-state index in [0.29, 0.717) is 17.7 Å². The van der Waals surface area contributed by atoms with Crippen molar-refractivity contribution >= 4 is 17.5 Å². The van der Waals surface area contributed by atoms with Crippen LogP contribution in [-0.4, -0.2) is 50.0 Å². The van der Waals surface area contributed by atoms with Crippen molar-refractivity contribution in [3.05, 3.63) is 65.7 Å². The highest BCUT2D eigenvalue weighted by Gasteiger charge is 2.45. The molecular formula is C24H25F3N4O2. The molecule has 0 radical (unpaired) electrons. The number of ether oxygens (including phenoxy) is 2. The molecule has 9 heteroatoms. The van der Waals surface area contributed by atoms with E-state index >= 15 is 0 Å². The van der Waals surface area contributed by atoms with Crippen LogP contribution in [0.5, 0.6) is 5.75 Å². The fraction of sp³-hybridized carbons (Fsp3) is 0.375. The number of nitrogens with zero attached hydrogens (tertiary/aromatic N) is 3. The highest BCUT2D eigenvalue weighted by Crippen LogP contribution is 2.46. The van der Waals surface area contributed by atoms with E-state index in [2.05, 4.69) is 15.2 Å². The second kappa shape index (κ2) is 8.39. The molecule has 6 nitrogen and oxygen atoms in total. The van der Waals surface area contributed by atoms with Crippen LogP contribution in [0.1, 0.15) is 30.0 Å². The summed E-state index contributed by atoms with van der Waals surface area (Å²) in [6.45, 7) is 1.59. The quantitative estimate of drug-likeness (QED) is 0.731. The topological polar surface area (TPSA) is 49.3 Å². The standard InChI is InChI=1S/C24H25F3N4O2/c1-30-29-12-13-31(30)19-8-9-21(33-24(25,26)27)20(14-19)18-15-23(32-16-18)10-5-11-28-22(23)17-6-3-2-4-7-17/h2-4,6-9,12,14-15,22,28H,5,10-11,13,16H2,1H3/t22-,23+/m0/s1. The molecule has 3 aliphatic rings. The van der Waals surface area contributed by atoms with E-state index in [0.717, 1.165) is 30.6 Å². The van der Waals surface area contributed by atoms with Crippen molar-refractivity contribution in [2.45, 2.75) is 30.8 Å². The summed E-state index contributed by atoms with van der Waals surface area (Å²) in [6, 6.07) is 14.6. The van der Waals surface area contributed by atoms with Gasteiger partial charge in [0.2, 0.25) is 0 Å². The summed E-state index contributed by atoms with van der Waals surface area (Å²) in [4.78, 5) is 0. The maximum absolute atomic E-state index is 13.2. The Bertz CT molecular complexity index is 1070. The number of hydrazine groups is 1. The summed E-state index contributed by atoms with van der Waals surface area (Å²) < 4.78 is 50.3. The Balaban J connectivity index is 1.55. The van der Waals surface area contributed by atoms with Gasteiger partial charge in [0.1, 0.15) is 11.4 Å². The van der Waals surface area contributed by atoms with Crippen LogP contribution in [0.3, 0.4) is 0 Å². The SMILES string of the molecule is CN1N=CCN1c1ccc(OC(F)(F)F)c(C2=C[C@@]3(CCCN[C@H]3c3ccccc3)OC2)c1. The third kappa shape index (κ3) is 4.30. The lowest BCUT2D eigenvalue weighted by molar-refractivity contribution is -0.274. The highest BCUT2D eigenvalue weighted by molar-refractivity contribution is 5.78. The second-order valence-corrected chi connectivity index (χ2v) is 8.41. The molecule has 33 heavy (non-hydrogen) atoms. The van der Waals surface area contributed by atoms with Crippen molar-refractivity contribution in [3.8, 4) is 5.75 Å². The van der Waals surface area contributed by atoms with Crippen LogP contribution in [0.2, 0.25) is 0 Å². The molecule has 2 aromatic rings. The first-order valence-corrected chi connectivity index (χ1v) is 10.9. The lowest BCUT2D eigenvalue weighted by atomic mass is 9.81. The maximum Gasteiger partial charge on any atom is 0.573 e. The van der Waals surface area contributed by atoms with E-state index < -0.39 is 12.0 Å². The van der Waals surface area contributed by atoms with Gasteiger partial charge in [-0.3, -0.25) is 5.01 Å². The molecule has 1 spiro atoms. The summed E-state index contributed by atoms with van der Waals surface area (Å²) in [7, 11) is 1.79. The summed E-state index contributed by atoms with van der Waals surface area (Å²) in [6.07, 6.45) is 0.630.